The molecule has 7 atom stereocenters. The minimum atomic E-state index is -4.97. The fourth-order valence-electron chi connectivity index (χ4n) is 13.4. The molecule has 0 aromatic carbocycles. The Morgan fingerprint density at radius 3 is 0.676 bits per heavy atom. The highest BCUT2D eigenvalue weighted by molar-refractivity contribution is 7.47. The van der Waals surface area contributed by atoms with Crippen LogP contribution in [0.15, 0.2) is 0 Å². The number of phosphoric acid groups is 2. The Bertz CT molecular complexity index is 2010. The van der Waals surface area contributed by atoms with E-state index in [4.69, 9.17) is 37.0 Å². The summed E-state index contributed by atoms with van der Waals surface area (Å²) < 4.78 is 68.9. The first-order valence-electron chi connectivity index (χ1n) is 44.6. The van der Waals surface area contributed by atoms with Gasteiger partial charge >= 0.3 is 39.5 Å². The lowest BCUT2D eigenvalue weighted by atomic mass is 9.99. The van der Waals surface area contributed by atoms with Gasteiger partial charge in [-0.3, -0.25) is 37.3 Å². The van der Waals surface area contributed by atoms with Crippen LogP contribution >= 0.6 is 15.6 Å². The lowest BCUT2D eigenvalue weighted by molar-refractivity contribution is -0.161. The summed E-state index contributed by atoms with van der Waals surface area (Å²) in [5, 5.41) is 10.7. The van der Waals surface area contributed by atoms with Gasteiger partial charge in [-0.15, -0.1) is 0 Å². The summed E-state index contributed by atoms with van der Waals surface area (Å²) in [5.74, 6) is -0.450. The second-order valence-electron chi connectivity index (χ2n) is 31.4. The number of aliphatic hydroxyl groups excluding tert-OH is 1. The Balaban J connectivity index is 5.23. The zero-order valence-electron chi connectivity index (χ0n) is 69.0. The van der Waals surface area contributed by atoms with Crippen molar-refractivity contribution in [1.82, 2.24) is 0 Å². The number of unbranched alkanes of at least 4 members (excludes halogenated alkanes) is 53. The van der Waals surface area contributed by atoms with Gasteiger partial charge in [0.1, 0.15) is 19.3 Å². The lowest BCUT2D eigenvalue weighted by Crippen LogP contribution is -2.30. The third-order valence-electron chi connectivity index (χ3n) is 20.9. The van der Waals surface area contributed by atoms with Crippen LogP contribution in [0.25, 0.3) is 0 Å². The molecule has 105 heavy (non-hydrogen) atoms. The van der Waals surface area contributed by atoms with E-state index in [-0.39, 0.29) is 25.7 Å². The van der Waals surface area contributed by atoms with Gasteiger partial charge in [-0.25, -0.2) is 9.13 Å². The van der Waals surface area contributed by atoms with E-state index in [1.807, 2.05) is 0 Å². The molecule has 0 spiro atoms. The van der Waals surface area contributed by atoms with Crippen molar-refractivity contribution in [3.63, 3.8) is 0 Å². The molecule has 0 radical (unpaired) electrons. The number of hydrogen-bond acceptors (Lipinski definition) is 15. The molecule has 0 aliphatic heterocycles. The van der Waals surface area contributed by atoms with E-state index in [2.05, 4.69) is 41.5 Å². The molecule has 0 amide bonds. The number of aliphatic hydroxyl groups is 1. The van der Waals surface area contributed by atoms with Crippen molar-refractivity contribution in [3.8, 4) is 0 Å². The van der Waals surface area contributed by atoms with Gasteiger partial charge in [0.25, 0.3) is 0 Å². The first-order valence-corrected chi connectivity index (χ1v) is 47.6. The summed E-state index contributed by atoms with van der Waals surface area (Å²) in [7, 11) is -9.93. The van der Waals surface area contributed by atoms with Gasteiger partial charge in [-0.05, 0) is 37.5 Å². The van der Waals surface area contributed by atoms with Crippen molar-refractivity contribution in [1.29, 1.82) is 0 Å². The summed E-state index contributed by atoms with van der Waals surface area (Å²) in [6, 6.07) is 0. The predicted molar refractivity (Wildman–Crippen MR) is 432 cm³/mol. The molecule has 624 valence electrons. The van der Waals surface area contributed by atoms with Crippen molar-refractivity contribution in [2.45, 2.75) is 477 Å². The maximum Gasteiger partial charge on any atom is 0.472 e. The second kappa shape index (κ2) is 77.4. The van der Waals surface area contributed by atoms with Crippen LogP contribution in [0.2, 0.25) is 0 Å². The summed E-state index contributed by atoms with van der Waals surface area (Å²) in [6.45, 7) is 9.74. The van der Waals surface area contributed by atoms with Gasteiger partial charge in [0.05, 0.1) is 26.4 Å². The zero-order valence-corrected chi connectivity index (χ0v) is 70.8. The average Bonchev–Trinajstić information content (AvgIpc) is 0.914. The van der Waals surface area contributed by atoms with Gasteiger partial charge in [-0.1, -0.05) is 408 Å². The number of hydrogen-bond donors (Lipinski definition) is 3. The van der Waals surface area contributed by atoms with E-state index in [1.165, 1.54) is 276 Å². The van der Waals surface area contributed by atoms with Crippen molar-refractivity contribution < 1.29 is 80.2 Å². The summed E-state index contributed by atoms with van der Waals surface area (Å²) >= 11 is 0. The van der Waals surface area contributed by atoms with Crippen LogP contribution in [0, 0.1) is 11.8 Å². The molecule has 4 unspecified atom stereocenters. The maximum absolute atomic E-state index is 13.1. The molecule has 0 saturated heterocycles. The van der Waals surface area contributed by atoms with Crippen molar-refractivity contribution in [2.75, 3.05) is 39.6 Å². The molecule has 0 bridgehead atoms. The Labute approximate surface area is 645 Å². The lowest BCUT2D eigenvalue weighted by Gasteiger charge is -2.21. The van der Waals surface area contributed by atoms with Gasteiger partial charge in [-0.2, -0.15) is 0 Å². The molecule has 0 saturated carbocycles. The highest BCUT2D eigenvalue weighted by Crippen LogP contribution is 2.45. The molecule has 17 nitrogen and oxygen atoms in total. The number of carbonyl (C=O) groups excluding carboxylic acids is 4. The Morgan fingerprint density at radius 1 is 0.267 bits per heavy atom. The molecular weight excluding hydrogens is 1370 g/mol. The van der Waals surface area contributed by atoms with Crippen LogP contribution in [0.3, 0.4) is 0 Å². The molecule has 0 aliphatic rings. The quantitative estimate of drug-likeness (QED) is 0.0222. The Hall–Kier alpha value is -1.94. The molecule has 0 aromatic rings. The largest absolute Gasteiger partial charge is 0.472 e. The predicted octanol–water partition coefficient (Wildman–Crippen LogP) is 26.2. The Morgan fingerprint density at radius 2 is 0.457 bits per heavy atom. The van der Waals surface area contributed by atoms with Gasteiger partial charge in [0.15, 0.2) is 12.2 Å². The molecule has 0 rings (SSSR count). The maximum atomic E-state index is 13.1. The minimum absolute atomic E-state index is 0.107. The van der Waals surface area contributed by atoms with E-state index in [9.17, 15) is 43.2 Å². The first-order chi connectivity index (χ1) is 50.9. The van der Waals surface area contributed by atoms with E-state index < -0.39 is 97.5 Å². The minimum Gasteiger partial charge on any atom is -0.462 e. The summed E-state index contributed by atoms with van der Waals surface area (Å²) in [4.78, 5) is 73.2. The van der Waals surface area contributed by atoms with Crippen LogP contribution in [-0.2, 0) is 65.4 Å². The van der Waals surface area contributed by atoms with Crippen molar-refractivity contribution in [2.24, 2.45) is 11.8 Å². The van der Waals surface area contributed by atoms with E-state index in [0.717, 1.165) is 102 Å². The monoisotopic (exact) mass is 1540 g/mol. The van der Waals surface area contributed by atoms with E-state index in [0.29, 0.717) is 25.7 Å². The fourth-order valence-corrected chi connectivity index (χ4v) is 14.9. The molecule has 0 fully saturated rings. The van der Waals surface area contributed by atoms with Gasteiger partial charge < -0.3 is 33.8 Å². The molecular formula is C86H168O17P2. The number of phosphoric ester groups is 2. The van der Waals surface area contributed by atoms with Crippen LogP contribution < -0.4 is 0 Å². The first kappa shape index (κ1) is 103. The highest BCUT2D eigenvalue weighted by atomic mass is 31.2. The Kier molecular flexibility index (Phi) is 76.0. The third-order valence-corrected chi connectivity index (χ3v) is 22.8. The number of rotatable bonds is 85. The van der Waals surface area contributed by atoms with E-state index in [1.54, 1.807) is 0 Å². The smallest absolute Gasteiger partial charge is 0.462 e. The van der Waals surface area contributed by atoms with Crippen LogP contribution in [0.4, 0.5) is 0 Å². The normalized spacial score (nSPS) is 14.3. The average molecular weight is 1540 g/mol. The number of ether oxygens (including phenoxy) is 4. The zero-order chi connectivity index (χ0) is 77.1. The van der Waals surface area contributed by atoms with Gasteiger partial charge in [0.2, 0.25) is 0 Å². The van der Waals surface area contributed by atoms with Gasteiger partial charge in [0, 0.05) is 25.7 Å². The van der Waals surface area contributed by atoms with Crippen LogP contribution in [0.5, 0.6) is 0 Å². The highest BCUT2D eigenvalue weighted by Gasteiger charge is 2.30. The topological polar surface area (TPSA) is 237 Å². The molecule has 0 aromatic heterocycles. The SMILES string of the molecule is CCCCCCCCCCCCCCCCCCCCCCCCC(=O)O[C@H](COC(=O)CCCCCCCCCCCCCCCCC(C)CC)COP(=O)(O)OC[C@@H](O)COP(=O)(O)OC[C@@H](COC(=O)CCCCCCCCCCCCC)OC(=O)CCCCCCCCCCCCC(C)CC. The van der Waals surface area contributed by atoms with E-state index >= 15 is 0 Å². The van der Waals surface area contributed by atoms with Crippen LogP contribution in [-0.4, -0.2) is 96.7 Å². The summed E-state index contributed by atoms with van der Waals surface area (Å²) in [5.41, 5.74) is 0. The standard InChI is InChI=1S/C86H168O17P2/c1-7-11-13-15-17-19-21-22-23-24-25-26-27-28-29-30-35-39-46-52-58-64-70-85(90)102-81(75-97-84(89)69-63-57-51-45-38-34-32-31-33-37-42-48-54-60-66-78(5)9-3)76-100-104(92,93)98-72-80(87)73-99-105(94,95)101-77-82(74-96-83(88)68-62-56-50-44-36-20-18-16-14-12-8-2)103-86(91)71-65-59-53-47-41-40-43-49-55-61-67-79(6)10-4/h78-82,87H,7-77H2,1-6H3,(H,92,93)(H,94,95)/t78?,79?,80-,81-,82-/m1/s1. The second-order valence-corrected chi connectivity index (χ2v) is 34.3. The summed E-state index contributed by atoms with van der Waals surface area (Å²) in [6.07, 6.45) is 69.3. The molecule has 19 heteroatoms. The third kappa shape index (κ3) is 77.2. The molecule has 0 heterocycles. The molecule has 3 N–H and O–H groups in total. The van der Waals surface area contributed by atoms with Crippen molar-refractivity contribution >= 4 is 39.5 Å². The fraction of sp³-hybridized carbons (Fsp3) is 0.953. The molecule has 0 aliphatic carbocycles. The van der Waals surface area contributed by atoms with Crippen molar-refractivity contribution in [3.05, 3.63) is 0 Å². The number of esters is 4. The van der Waals surface area contributed by atoms with Crippen LogP contribution in [0.1, 0.15) is 459 Å². The number of carbonyl (C=O) groups is 4.